The van der Waals surface area contributed by atoms with Crippen LogP contribution >= 0.6 is 11.8 Å². The van der Waals surface area contributed by atoms with Crippen molar-refractivity contribution >= 4 is 17.5 Å². The molecule has 0 saturated heterocycles. The second-order valence-electron chi connectivity index (χ2n) is 5.39. The van der Waals surface area contributed by atoms with Crippen LogP contribution in [0.25, 0.3) is 0 Å². The Hall–Kier alpha value is -2.46. The molecule has 2 aromatic carbocycles. The van der Waals surface area contributed by atoms with E-state index in [1.165, 1.54) is 11.0 Å². The van der Waals surface area contributed by atoms with Gasteiger partial charge in [0.25, 0.3) is 0 Å². The minimum atomic E-state index is -0.246. The summed E-state index contributed by atoms with van der Waals surface area (Å²) in [4.78, 5) is 14.5. The highest BCUT2D eigenvalue weighted by Crippen LogP contribution is 2.31. The van der Waals surface area contributed by atoms with Crippen molar-refractivity contribution in [2.24, 2.45) is 0 Å². The Kier molecular flexibility index (Phi) is 5.39. The molecule has 0 aromatic heterocycles. The first-order valence-corrected chi connectivity index (χ1v) is 8.62. The summed E-state index contributed by atoms with van der Waals surface area (Å²) in [5, 5.41) is 9.68. The zero-order valence-electron chi connectivity index (χ0n) is 13.1. The minimum absolute atomic E-state index is 0.0216. The van der Waals surface area contributed by atoms with E-state index < -0.39 is 0 Å². The molecule has 1 aliphatic rings. The molecule has 3 nitrogen and oxygen atoms in total. The molecule has 0 atom stereocenters. The van der Waals surface area contributed by atoms with Gasteiger partial charge in [-0.1, -0.05) is 42.1 Å². The fourth-order valence-corrected chi connectivity index (χ4v) is 3.25. The SMILES string of the molecule is O=C(COc1ccc(SC2=CCCC=C2)cc1)c1ccccc1O. The van der Waals surface area contributed by atoms with Crippen LogP contribution in [0.5, 0.6) is 11.5 Å². The Balaban J connectivity index is 1.56. The average Bonchev–Trinajstić information content (AvgIpc) is 2.62. The topological polar surface area (TPSA) is 46.5 Å². The first-order chi connectivity index (χ1) is 11.7. The van der Waals surface area contributed by atoms with Crippen LogP contribution in [0.3, 0.4) is 0 Å². The second-order valence-corrected chi connectivity index (χ2v) is 6.54. The lowest BCUT2D eigenvalue weighted by molar-refractivity contribution is 0.0919. The number of carbonyl (C=O) groups is 1. The van der Waals surface area contributed by atoms with Gasteiger partial charge in [-0.25, -0.2) is 0 Å². The lowest BCUT2D eigenvalue weighted by Crippen LogP contribution is -2.11. The summed E-state index contributed by atoms with van der Waals surface area (Å²) in [7, 11) is 0. The summed E-state index contributed by atoms with van der Waals surface area (Å²) >= 11 is 1.72. The van der Waals surface area contributed by atoms with Crippen LogP contribution in [0.1, 0.15) is 23.2 Å². The van der Waals surface area contributed by atoms with Crippen LogP contribution < -0.4 is 4.74 Å². The van der Waals surface area contributed by atoms with Crippen molar-refractivity contribution in [3.63, 3.8) is 0 Å². The zero-order chi connectivity index (χ0) is 16.8. The first kappa shape index (κ1) is 16.4. The van der Waals surface area contributed by atoms with Gasteiger partial charge in [0.15, 0.2) is 6.61 Å². The maximum absolute atomic E-state index is 12.1. The van der Waals surface area contributed by atoms with Gasteiger partial charge in [0.05, 0.1) is 5.56 Å². The summed E-state index contributed by atoms with van der Waals surface area (Å²) in [6, 6.07) is 14.1. The van der Waals surface area contributed by atoms with E-state index in [4.69, 9.17) is 4.74 Å². The highest BCUT2D eigenvalue weighted by Gasteiger charge is 2.11. The predicted octanol–water partition coefficient (Wildman–Crippen LogP) is 4.98. The van der Waals surface area contributed by atoms with Crippen LogP contribution in [0.2, 0.25) is 0 Å². The smallest absolute Gasteiger partial charge is 0.203 e. The van der Waals surface area contributed by atoms with E-state index in [0.29, 0.717) is 5.75 Å². The third-order valence-electron chi connectivity index (χ3n) is 3.59. The normalized spacial score (nSPS) is 13.4. The predicted molar refractivity (Wildman–Crippen MR) is 96.7 cm³/mol. The van der Waals surface area contributed by atoms with Crippen LogP contribution in [-0.4, -0.2) is 17.5 Å². The van der Waals surface area contributed by atoms with Gasteiger partial charge in [0, 0.05) is 9.80 Å². The van der Waals surface area contributed by atoms with Crippen molar-refractivity contribution in [1.29, 1.82) is 0 Å². The molecule has 0 fully saturated rings. The Labute approximate surface area is 145 Å². The van der Waals surface area contributed by atoms with Crippen LogP contribution in [-0.2, 0) is 0 Å². The molecule has 0 heterocycles. The monoisotopic (exact) mass is 338 g/mol. The third-order valence-corrected chi connectivity index (χ3v) is 4.64. The van der Waals surface area contributed by atoms with E-state index in [-0.39, 0.29) is 23.7 Å². The molecule has 1 aliphatic carbocycles. The molecule has 0 aliphatic heterocycles. The number of thioether (sulfide) groups is 1. The van der Waals surface area contributed by atoms with E-state index in [1.807, 2.05) is 24.3 Å². The van der Waals surface area contributed by atoms with Crippen molar-refractivity contribution in [3.05, 3.63) is 77.2 Å². The summed E-state index contributed by atoms with van der Waals surface area (Å²) in [5.41, 5.74) is 0.278. The van der Waals surface area contributed by atoms with Crippen molar-refractivity contribution in [2.45, 2.75) is 17.7 Å². The molecular weight excluding hydrogens is 320 g/mol. The molecule has 0 bridgehead atoms. The summed E-state index contributed by atoms with van der Waals surface area (Å²) in [6.07, 6.45) is 8.77. The number of allylic oxidation sites excluding steroid dienone is 3. The van der Waals surface area contributed by atoms with E-state index in [0.717, 1.165) is 17.7 Å². The van der Waals surface area contributed by atoms with E-state index in [9.17, 15) is 9.90 Å². The van der Waals surface area contributed by atoms with E-state index >= 15 is 0 Å². The zero-order valence-corrected chi connectivity index (χ0v) is 14.0. The second kappa shape index (κ2) is 7.88. The van der Waals surface area contributed by atoms with Gasteiger partial charge in [0.1, 0.15) is 11.5 Å². The van der Waals surface area contributed by atoms with Crippen molar-refractivity contribution < 1.29 is 14.6 Å². The fraction of sp³-hybridized carbons (Fsp3) is 0.150. The molecule has 0 saturated carbocycles. The quantitative estimate of drug-likeness (QED) is 0.755. The molecule has 0 amide bonds. The molecule has 0 radical (unpaired) electrons. The number of hydrogen-bond acceptors (Lipinski definition) is 4. The number of ketones is 1. The number of phenolic OH excluding ortho intramolecular Hbond substituents is 1. The van der Waals surface area contributed by atoms with Gasteiger partial charge in [0.2, 0.25) is 5.78 Å². The van der Waals surface area contributed by atoms with Gasteiger partial charge < -0.3 is 9.84 Å². The molecule has 3 rings (SSSR count). The Morgan fingerprint density at radius 3 is 2.58 bits per heavy atom. The summed E-state index contributed by atoms with van der Waals surface area (Å²) < 4.78 is 5.52. The van der Waals surface area contributed by atoms with Gasteiger partial charge in [-0.2, -0.15) is 0 Å². The first-order valence-electron chi connectivity index (χ1n) is 7.81. The molecule has 122 valence electrons. The molecular formula is C20H18O3S. The highest BCUT2D eigenvalue weighted by molar-refractivity contribution is 8.03. The number of benzene rings is 2. The molecule has 1 N–H and O–H groups in total. The molecule has 0 unspecified atom stereocenters. The van der Waals surface area contributed by atoms with E-state index in [2.05, 4.69) is 18.2 Å². The van der Waals surface area contributed by atoms with Crippen molar-refractivity contribution in [2.75, 3.05) is 6.61 Å². The Bertz CT molecular complexity index is 776. The maximum atomic E-state index is 12.1. The number of rotatable bonds is 6. The minimum Gasteiger partial charge on any atom is -0.507 e. The third kappa shape index (κ3) is 4.30. The van der Waals surface area contributed by atoms with Gasteiger partial charge in [-0.3, -0.25) is 4.79 Å². The highest BCUT2D eigenvalue weighted by atomic mass is 32.2. The lowest BCUT2D eigenvalue weighted by atomic mass is 10.1. The van der Waals surface area contributed by atoms with Crippen molar-refractivity contribution in [1.82, 2.24) is 0 Å². The van der Waals surface area contributed by atoms with Crippen LogP contribution in [0, 0.1) is 0 Å². The van der Waals surface area contributed by atoms with Crippen LogP contribution in [0.15, 0.2) is 76.6 Å². The number of phenols is 1. The number of ether oxygens (including phenoxy) is 1. The number of carbonyl (C=O) groups excluding carboxylic acids is 1. The number of hydrogen-bond donors (Lipinski definition) is 1. The maximum Gasteiger partial charge on any atom is 0.203 e. The van der Waals surface area contributed by atoms with Crippen LogP contribution in [0.4, 0.5) is 0 Å². The fourth-order valence-electron chi connectivity index (χ4n) is 2.34. The molecule has 0 spiro atoms. The largest absolute Gasteiger partial charge is 0.507 e. The molecule has 4 heteroatoms. The van der Waals surface area contributed by atoms with Gasteiger partial charge in [-0.05, 0) is 49.2 Å². The molecule has 2 aromatic rings. The van der Waals surface area contributed by atoms with Gasteiger partial charge in [-0.15, -0.1) is 0 Å². The summed E-state index contributed by atoms with van der Waals surface area (Å²) in [5.74, 6) is 0.368. The van der Waals surface area contributed by atoms with Gasteiger partial charge >= 0.3 is 0 Å². The van der Waals surface area contributed by atoms with E-state index in [1.54, 1.807) is 30.0 Å². The van der Waals surface area contributed by atoms with Crippen molar-refractivity contribution in [3.8, 4) is 11.5 Å². The standard InChI is InChI=1S/C20H18O3S/c21-19-9-5-4-8-18(19)20(22)14-23-15-10-12-17(13-11-15)24-16-6-2-1-3-7-16/h2,4-13,21H,1,3,14H2. The summed E-state index contributed by atoms with van der Waals surface area (Å²) in [6.45, 7) is -0.0993. The number of aromatic hydroxyl groups is 1. The number of para-hydroxylation sites is 1. The Morgan fingerprint density at radius 2 is 1.88 bits per heavy atom. The molecule has 24 heavy (non-hydrogen) atoms. The Morgan fingerprint density at radius 1 is 1.08 bits per heavy atom. The number of Topliss-reactive ketones (excluding diaryl/α,β-unsaturated/α-hetero) is 1. The average molecular weight is 338 g/mol. The lowest BCUT2D eigenvalue weighted by Gasteiger charge is -2.09.